The molecule has 0 radical (unpaired) electrons. The van der Waals surface area contributed by atoms with Gasteiger partial charge in [0.2, 0.25) is 0 Å². The lowest BCUT2D eigenvalue weighted by atomic mass is 9.62. The number of ketones is 1. The van der Waals surface area contributed by atoms with Crippen LogP contribution in [0.25, 0.3) is 0 Å². The Morgan fingerprint density at radius 3 is 1.54 bits per heavy atom. The zero-order chi connectivity index (χ0) is 19.4. The van der Waals surface area contributed by atoms with E-state index in [2.05, 4.69) is 0 Å². The summed E-state index contributed by atoms with van der Waals surface area (Å²) in [6, 6.07) is 0. The molecule has 0 fully saturated rings. The van der Waals surface area contributed by atoms with Crippen LogP contribution < -0.4 is 11.5 Å². The summed E-state index contributed by atoms with van der Waals surface area (Å²) in [7, 11) is 6.19. The Morgan fingerprint density at radius 2 is 1.27 bits per heavy atom. The van der Waals surface area contributed by atoms with Gasteiger partial charge in [-0.15, -0.1) is 0 Å². The maximum absolute atomic E-state index is 13.8. The zero-order valence-electron chi connectivity index (χ0n) is 15.7. The van der Waals surface area contributed by atoms with Crippen LogP contribution >= 0.6 is 0 Å². The summed E-state index contributed by atoms with van der Waals surface area (Å²) in [5.74, 6) is 1.05. The molecule has 0 aromatic rings. The van der Waals surface area contributed by atoms with E-state index in [9.17, 15) is 4.79 Å². The van der Waals surface area contributed by atoms with Crippen molar-refractivity contribution >= 4 is 5.78 Å². The predicted octanol–water partition coefficient (Wildman–Crippen LogP) is 0.676. The molecular formula is C19H28N2O5. The number of carbonyl (C=O) groups is 1. The van der Waals surface area contributed by atoms with Crippen molar-refractivity contribution in [2.45, 2.75) is 12.2 Å². The van der Waals surface area contributed by atoms with Gasteiger partial charge in [0.05, 0.1) is 37.3 Å². The highest BCUT2D eigenvalue weighted by atomic mass is 16.5. The minimum atomic E-state index is -1.09. The molecule has 0 bridgehead atoms. The van der Waals surface area contributed by atoms with E-state index >= 15 is 0 Å². The third kappa shape index (κ3) is 3.12. The van der Waals surface area contributed by atoms with E-state index in [4.69, 9.17) is 30.4 Å². The highest BCUT2D eigenvalue weighted by Crippen LogP contribution is 2.43. The molecule has 2 aliphatic rings. The van der Waals surface area contributed by atoms with Gasteiger partial charge < -0.3 is 30.4 Å². The van der Waals surface area contributed by atoms with Gasteiger partial charge in [0, 0.05) is 27.3 Å². The van der Waals surface area contributed by atoms with E-state index in [-0.39, 0.29) is 18.9 Å². The number of carbonyl (C=O) groups excluding carboxylic acids is 1. The van der Waals surface area contributed by atoms with Gasteiger partial charge in [-0.05, 0) is 24.3 Å². The molecule has 7 nitrogen and oxygen atoms in total. The van der Waals surface area contributed by atoms with Crippen LogP contribution in [0, 0.1) is 10.8 Å². The van der Waals surface area contributed by atoms with Crippen molar-refractivity contribution in [3.8, 4) is 0 Å². The number of rotatable bonds is 8. The topological polar surface area (TPSA) is 106 Å². The zero-order valence-corrected chi connectivity index (χ0v) is 15.7. The second-order valence-electron chi connectivity index (χ2n) is 6.34. The Kier molecular flexibility index (Phi) is 6.41. The first kappa shape index (κ1) is 20.4. The van der Waals surface area contributed by atoms with Gasteiger partial charge in [-0.25, -0.2) is 0 Å². The van der Waals surface area contributed by atoms with Crippen LogP contribution in [-0.2, 0) is 23.7 Å². The van der Waals surface area contributed by atoms with Crippen LogP contribution in [0.5, 0.6) is 0 Å². The summed E-state index contributed by atoms with van der Waals surface area (Å²) in [6.07, 6.45) is 9.29. The lowest BCUT2D eigenvalue weighted by Crippen LogP contribution is -2.59. The van der Waals surface area contributed by atoms with Crippen molar-refractivity contribution in [3.63, 3.8) is 0 Å². The maximum Gasteiger partial charge on any atom is 0.161 e. The van der Waals surface area contributed by atoms with Crippen molar-refractivity contribution in [1.82, 2.24) is 0 Å². The minimum absolute atomic E-state index is 0.0568. The molecule has 4 unspecified atom stereocenters. The number of hydrogen-bond acceptors (Lipinski definition) is 7. The molecule has 2 aliphatic carbocycles. The van der Waals surface area contributed by atoms with Crippen molar-refractivity contribution in [1.29, 1.82) is 0 Å². The first-order valence-corrected chi connectivity index (χ1v) is 8.38. The molecule has 2 rings (SSSR count). The molecule has 0 aliphatic heterocycles. The van der Waals surface area contributed by atoms with Crippen LogP contribution in [0.3, 0.4) is 0 Å². The number of ether oxygens (including phenoxy) is 4. The number of nitrogens with two attached hydrogens (primary N) is 2. The lowest BCUT2D eigenvalue weighted by Gasteiger charge is -2.45. The Morgan fingerprint density at radius 1 is 0.885 bits per heavy atom. The molecule has 0 amide bonds. The highest BCUT2D eigenvalue weighted by Gasteiger charge is 2.55. The quantitative estimate of drug-likeness (QED) is 0.652. The van der Waals surface area contributed by atoms with Crippen molar-refractivity contribution in [3.05, 3.63) is 48.0 Å². The second kappa shape index (κ2) is 8.18. The van der Waals surface area contributed by atoms with Gasteiger partial charge in [-0.2, -0.15) is 0 Å². The summed E-state index contributed by atoms with van der Waals surface area (Å²) in [5.41, 5.74) is 9.99. The van der Waals surface area contributed by atoms with Gasteiger partial charge in [0.1, 0.15) is 11.5 Å². The van der Waals surface area contributed by atoms with E-state index < -0.39 is 23.0 Å². The van der Waals surface area contributed by atoms with E-state index in [1.807, 2.05) is 0 Å². The van der Waals surface area contributed by atoms with Gasteiger partial charge in [-0.3, -0.25) is 4.79 Å². The molecule has 144 valence electrons. The number of methoxy groups -OCH3 is 4. The Bertz CT molecular complexity index is 600. The second-order valence-corrected chi connectivity index (χ2v) is 6.34. The monoisotopic (exact) mass is 364 g/mol. The summed E-state index contributed by atoms with van der Waals surface area (Å²) in [4.78, 5) is 13.8. The molecule has 4 atom stereocenters. The van der Waals surface area contributed by atoms with Gasteiger partial charge >= 0.3 is 0 Å². The third-order valence-electron chi connectivity index (χ3n) is 5.24. The standard InChI is InChI=1S/C19H28N2O5/c1-23-13-5-7-18(11-20,15(9-13)25-3)17(22)19(12-21)8-6-14(24-2)10-16(19)26-4/h5-10,15-16H,11-12,20-21H2,1-4H3. The minimum Gasteiger partial charge on any atom is -0.497 e. The molecule has 7 heteroatoms. The smallest absolute Gasteiger partial charge is 0.161 e. The number of allylic oxidation sites excluding steroid dienone is 2. The fraction of sp³-hybridized carbons (Fsp3) is 0.526. The average molecular weight is 364 g/mol. The van der Waals surface area contributed by atoms with Crippen LogP contribution in [0.4, 0.5) is 0 Å². The average Bonchev–Trinajstić information content (AvgIpc) is 2.71. The SMILES string of the molecule is COC1=CC(OC)C(CN)(C(=O)C2(CN)C=CC(OC)=CC2OC)C=C1. The fourth-order valence-electron chi connectivity index (χ4n) is 3.58. The Labute approximate surface area is 154 Å². The maximum atomic E-state index is 13.8. The van der Waals surface area contributed by atoms with Gasteiger partial charge in [0.25, 0.3) is 0 Å². The summed E-state index contributed by atoms with van der Waals surface area (Å²) in [6.45, 7) is 0.114. The molecule has 0 saturated carbocycles. The van der Waals surface area contributed by atoms with Crippen molar-refractivity contribution in [2.75, 3.05) is 41.5 Å². The molecule has 0 heterocycles. The first-order valence-electron chi connectivity index (χ1n) is 8.38. The fourth-order valence-corrected chi connectivity index (χ4v) is 3.58. The van der Waals surface area contributed by atoms with E-state index in [1.165, 1.54) is 14.2 Å². The molecule has 26 heavy (non-hydrogen) atoms. The van der Waals surface area contributed by atoms with E-state index in [0.717, 1.165) is 0 Å². The van der Waals surface area contributed by atoms with E-state index in [1.54, 1.807) is 50.7 Å². The Balaban J connectivity index is 2.53. The number of hydrogen-bond donors (Lipinski definition) is 2. The van der Waals surface area contributed by atoms with Crippen molar-refractivity contribution < 1.29 is 23.7 Å². The summed E-state index contributed by atoms with van der Waals surface area (Å²) in [5, 5.41) is 0. The Hall–Kier alpha value is -1.93. The highest BCUT2D eigenvalue weighted by molar-refractivity contribution is 5.96. The largest absolute Gasteiger partial charge is 0.497 e. The van der Waals surface area contributed by atoms with Gasteiger partial charge in [-0.1, -0.05) is 12.2 Å². The van der Waals surface area contributed by atoms with Crippen LogP contribution in [-0.4, -0.2) is 59.5 Å². The van der Waals surface area contributed by atoms with E-state index in [0.29, 0.717) is 11.5 Å². The van der Waals surface area contributed by atoms with Gasteiger partial charge in [0.15, 0.2) is 5.78 Å². The lowest BCUT2D eigenvalue weighted by molar-refractivity contribution is -0.143. The van der Waals surface area contributed by atoms with Crippen LogP contribution in [0.1, 0.15) is 0 Å². The first-order chi connectivity index (χ1) is 12.5. The predicted molar refractivity (Wildman–Crippen MR) is 98.0 cm³/mol. The van der Waals surface area contributed by atoms with Crippen LogP contribution in [0.15, 0.2) is 48.0 Å². The molecule has 0 aromatic heterocycles. The van der Waals surface area contributed by atoms with Crippen LogP contribution in [0.2, 0.25) is 0 Å². The number of Topliss-reactive ketones (excluding diaryl/α,β-unsaturated/α-hetero) is 1. The molecule has 0 spiro atoms. The summed E-state index contributed by atoms with van der Waals surface area (Å²) >= 11 is 0. The molecule has 0 saturated heterocycles. The van der Waals surface area contributed by atoms with Crippen molar-refractivity contribution in [2.24, 2.45) is 22.3 Å². The summed E-state index contributed by atoms with van der Waals surface area (Å²) < 4.78 is 21.7. The molecular weight excluding hydrogens is 336 g/mol. The molecule has 0 aromatic carbocycles. The normalized spacial score (nSPS) is 33.5. The third-order valence-corrected chi connectivity index (χ3v) is 5.24. The molecule has 4 N–H and O–H groups in total.